The third-order valence-electron chi connectivity index (χ3n) is 3.16. The summed E-state index contributed by atoms with van der Waals surface area (Å²) in [6.45, 7) is 5.42. The van der Waals surface area contributed by atoms with Crippen molar-refractivity contribution >= 4 is 15.9 Å². The number of piperidine rings is 1. The maximum absolute atomic E-state index is 5.92. The molecule has 1 unspecified atom stereocenters. The van der Waals surface area contributed by atoms with Gasteiger partial charge in [0, 0.05) is 11.0 Å². The quantitative estimate of drug-likeness (QED) is 0.848. The monoisotopic (exact) mass is 313 g/mol. The molecular formula is C14H20BrNO2. The highest BCUT2D eigenvalue weighted by molar-refractivity contribution is 9.10. The van der Waals surface area contributed by atoms with E-state index >= 15 is 0 Å². The van der Waals surface area contributed by atoms with Gasteiger partial charge in [-0.05, 0) is 44.5 Å². The van der Waals surface area contributed by atoms with Gasteiger partial charge in [-0.1, -0.05) is 22.0 Å². The van der Waals surface area contributed by atoms with Crippen molar-refractivity contribution in [2.75, 3.05) is 26.3 Å². The van der Waals surface area contributed by atoms with Crippen LogP contribution in [0.3, 0.4) is 0 Å². The highest BCUT2D eigenvalue weighted by atomic mass is 79.9. The van der Waals surface area contributed by atoms with E-state index in [0.717, 1.165) is 29.7 Å². The Hall–Kier alpha value is -0.580. The Kier molecular flexibility index (Phi) is 5.03. The Morgan fingerprint density at radius 1 is 1.39 bits per heavy atom. The Bertz CT molecular complexity index is 378. The van der Waals surface area contributed by atoms with Crippen molar-refractivity contribution in [2.45, 2.75) is 25.4 Å². The molecule has 0 aromatic heterocycles. The number of rotatable bonds is 5. The third kappa shape index (κ3) is 4.26. The van der Waals surface area contributed by atoms with Crippen LogP contribution in [0.1, 0.15) is 19.8 Å². The summed E-state index contributed by atoms with van der Waals surface area (Å²) in [6.07, 6.45) is 2.31. The zero-order chi connectivity index (χ0) is 12.8. The average molecular weight is 314 g/mol. The zero-order valence-corrected chi connectivity index (χ0v) is 12.3. The standard InChI is InChI=1S/C14H20BrNO2/c1-14(6-3-7-16-11-14)18-9-8-17-13-5-2-4-12(15)10-13/h2,4-5,10,16H,3,6-9,11H2,1H3. The minimum absolute atomic E-state index is 0.0289. The molecule has 0 radical (unpaired) electrons. The molecule has 1 aromatic rings. The van der Waals surface area contributed by atoms with Crippen LogP contribution in [0.25, 0.3) is 0 Å². The summed E-state index contributed by atoms with van der Waals surface area (Å²) in [6, 6.07) is 7.86. The second-order valence-electron chi connectivity index (χ2n) is 4.88. The van der Waals surface area contributed by atoms with Crippen LogP contribution in [-0.2, 0) is 4.74 Å². The molecule has 0 saturated carbocycles. The number of ether oxygens (including phenoxy) is 2. The second-order valence-corrected chi connectivity index (χ2v) is 5.80. The average Bonchev–Trinajstić information content (AvgIpc) is 2.36. The molecule has 1 aliphatic rings. The van der Waals surface area contributed by atoms with E-state index in [1.165, 1.54) is 6.42 Å². The summed E-state index contributed by atoms with van der Waals surface area (Å²) in [4.78, 5) is 0. The SMILES string of the molecule is CC1(OCCOc2cccc(Br)c2)CCCNC1. The van der Waals surface area contributed by atoms with E-state index in [9.17, 15) is 0 Å². The molecule has 1 aliphatic heterocycles. The Morgan fingerprint density at radius 3 is 3.00 bits per heavy atom. The largest absolute Gasteiger partial charge is 0.491 e. The van der Waals surface area contributed by atoms with Gasteiger partial charge < -0.3 is 14.8 Å². The molecule has 18 heavy (non-hydrogen) atoms. The molecule has 1 heterocycles. The van der Waals surface area contributed by atoms with E-state index in [4.69, 9.17) is 9.47 Å². The summed E-state index contributed by atoms with van der Waals surface area (Å²) in [7, 11) is 0. The zero-order valence-electron chi connectivity index (χ0n) is 10.7. The number of benzene rings is 1. The molecule has 2 rings (SSSR count). The van der Waals surface area contributed by atoms with E-state index < -0.39 is 0 Å². The van der Waals surface area contributed by atoms with Crippen LogP contribution in [0.15, 0.2) is 28.7 Å². The highest BCUT2D eigenvalue weighted by Gasteiger charge is 2.26. The number of halogens is 1. The van der Waals surface area contributed by atoms with Gasteiger partial charge in [-0.3, -0.25) is 0 Å². The lowest BCUT2D eigenvalue weighted by atomic mass is 9.96. The maximum atomic E-state index is 5.92. The van der Waals surface area contributed by atoms with E-state index in [1.54, 1.807) is 0 Å². The molecule has 0 bridgehead atoms. The van der Waals surface area contributed by atoms with Gasteiger partial charge >= 0.3 is 0 Å². The van der Waals surface area contributed by atoms with Crippen LogP contribution in [0.4, 0.5) is 0 Å². The van der Waals surface area contributed by atoms with Crippen LogP contribution >= 0.6 is 15.9 Å². The second kappa shape index (κ2) is 6.55. The van der Waals surface area contributed by atoms with Crippen molar-refractivity contribution in [3.05, 3.63) is 28.7 Å². The molecule has 3 nitrogen and oxygen atoms in total. The molecule has 0 spiro atoms. The first-order valence-electron chi connectivity index (χ1n) is 6.41. The lowest BCUT2D eigenvalue weighted by Gasteiger charge is -2.34. The predicted octanol–water partition coefficient (Wildman–Crippen LogP) is 2.99. The first-order valence-corrected chi connectivity index (χ1v) is 7.20. The predicted molar refractivity (Wildman–Crippen MR) is 76.1 cm³/mol. The smallest absolute Gasteiger partial charge is 0.120 e. The minimum atomic E-state index is -0.0289. The molecule has 100 valence electrons. The lowest BCUT2D eigenvalue weighted by Crippen LogP contribution is -2.45. The summed E-state index contributed by atoms with van der Waals surface area (Å²) in [5, 5.41) is 3.37. The highest BCUT2D eigenvalue weighted by Crippen LogP contribution is 2.20. The van der Waals surface area contributed by atoms with Gasteiger partial charge in [0.1, 0.15) is 12.4 Å². The van der Waals surface area contributed by atoms with E-state index in [2.05, 4.69) is 28.2 Å². The molecule has 0 amide bonds. The fraction of sp³-hybridized carbons (Fsp3) is 0.571. The molecular weight excluding hydrogens is 294 g/mol. The van der Waals surface area contributed by atoms with Gasteiger partial charge in [-0.25, -0.2) is 0 Å². The van der Waals surface area contributed by atoms with Crippen LogP contribution in [0, 0.1) is 0 Å². The van der Waals surface area contributed by atoms with Gasteiger partial charge in [0.25, 0.3) is 0 Å². The van der Waals surface area contributed by atoms with E-state index in [1.807, 2.05) is 24.3 Å². The number of hydrogen-bond donors (Lipinski definition) is 1. The first kappa shape index (κ1) is 13.8. The minimum Gasteiger partial charge on any atom is -0.491 e. The van der Waals surface area contributed by atoms with Crippen molar-refractivity contribution in [3.63, 3.8) is 0 Å². The molecule has 1 fully saturated rings. The van der Waals surface area contributed by atoms with Crippen molar-refractivity contribution in [1.82, 2.24) is 5.32 Å². The van der Waals surface area contributed by atoms with Crippen molar-refractivity contribution < 1.29 is 9.47 Å². The fourth-order valence-electron chi connectivity index (χ4n) is 2.16. The van der Waals surface area contributed by atoms with Gasteiger partial charge in [0.15, 0.2) is 0 Å². The Morgan fingerprint density at radius 2 is 2.28 bits per heavy atom. The van der Waals surface area contributed by atoms with Gasteiger partial charge in [-0.2, -0.15) is 0 Å². The third-order valence-corrected chi connectivity index (χ3v) is 3.65. The van der Waals surface area contributed by atoms with E-state index in [-0.39, 0.29) is 5.60 Å². The van der Waals surface area contributed by atoms with E-state index in [0.29, 0.717) is 13.2 Å². The molecule has 1 N–H and O–H groups in total. The van der Waals surface area contributed by atoms with Crippen LogP contribution < -0.4 is 10.1 Å². The summed E-state index contributed by atoms with van der Waals surface area (Å²) >= 11 is 3.42. The van der Waals surface area contributed by atoms with Crippen LogP contribution in [0.2, 0.25) is 0 Å². The van der Waals surface area contributed by atoms with Crippen LogP contribution in [0.5, 0.6) is 5.75 Å². The summed E-state index contributed by atoms with van der Waals surface area (Å²) in [5.41, 5.74) is -0.0289. The topological polar surface area (TPSA) is 30.5 Å². The maximum Gasteiger partial charge on any atom is 0.120 e. The Balaban J connectivity index is 1.69. The molecule has 1 atom stereocenters. The normalized spacial score (nSPS) is 23.9. The first-order chi connectivity index (χ1) is 8.68. The number of nitrogens with one attached hydrogen (secondary N) is 1. The van der Waals surface area contributed by atoms with Gasteiger partial charge in [0.05, 0.1) is 12.2 Å². The lowest BCUT2D eigenvalue weighted by molar-refractivity contribution is -0.0557. The molecule has 4 heteroatoms. The van der Waals surface area contributed by atoms with Crippen molar-refractivity contribution in [3.8, 4) is 5.75 Å². The molecule has 1 saturated heterocycles. The van der Waals surface area contributed by atoms with Gasteiger partial charge in [0.2, 0.25) is 0 Å². The van der Waals surface area contributed by atoms with Crippen molar-refractivity contribution in [2.24, 2.45) is 0 Å². The van der Waals surface area contributed by atoms with Gasteiger partial charge in [-0.15, -0.1) is 0 Å². The van der Waals surface area contributed by atoms with Crippen LogP contribution in [-0.4, -0.2) is 31.9 Å². The summed E-state index contributed by atoms with van der Waals surface area (Å²) < 4.78 is 12.6. The fourth-order valence-corrected chi connectivity index (χ4v) is 2.53. The summed E-state index contributed by atoms with van der Waals surface area (Å²) in [5.74, 6) is 0.875. The number of hydrogen-bond acceptors (Lipinski definition) is 3. The Labute approximate surface area is 117 Å². The molecule has 0 aliphatic carbocycles. The van der Waals surface area contributed by atoms with Crippen molar-refractivity contribution in [1.29, 1.82) is 0 Å². The molecule has 1 aromatic carbocycles.